The molecule has 0 N–H and O–H groups in total. The molecule has 0 saturated heterocycles. The fourth-order valence-corrected chi connectivity index (χ4v) is 2.36. The molecular formula is C13H12O2S. The Labute approximate surface area is 98.5 Å². The van der Waals surface area contributed by atoms with Gasteiger partial charge in [0.15, 0.2) is 0 Å². The van der Waals surface area contributed by atoms with E-state index in [1.165, 1.54) is 11.3 Å². The number of aryl methyl sites for hydroxylation is 1. The van der Waals surface area contributed by atoms with Crippen molar-refractivity contribution in [3.05, 3.63) is 51.7 Å². The summed E-state index contributed by atoms with van der Waals surface area (Å²) in [4.78, 5) is 12.8. The molecule has 0 fully saturated rings. The number of carbonyl (C=O) groups is 1. The van der Waals surface area contributed by atoms with Gasteiger partial charge in [-0.25, -0.2) is 0 Å². The van der Waals surface area contributed by atoms with Crippen molar-refractivity contribution >= 4 is 17.1 Å². The van der Waals surface area contributed by atoms with Gasteiger partial charge in [-0.1, -0.05) is 23.8 Å². The molecule has 0 bridgehead atoms. The second-order valence-electron chi connectivity index (χ2n) is 3.52. The summed E-state index contributed by atoms with van der Waals surface area (Å²) in [6.07, 6.45) is 0. The SMILES string of the molecule is COc1ccsc1C(=O)c1cccc(C)c1. The van der Waals surface area contributed by atoms with Gasteiger partial charge in [-0.2, -0.15) is 0 Å². The Hall–Kier alpha value is -1.61. The summed E-state index contributed by atoms with van der Waals surface area (Å²) in [6, 6.07) is 9.40. The normalized spacial score (nSPS) is 10.1. The Morgan fingerprint density at radius 1 is 1.31 bits per heavy atom. The Bertz CT molecular complexity index is 514. The van der Waals surface area contributed by atoms with Crippen molar-refractivity contribution in [3.63, 3.8) is 0 Å². The second-order valence-corrected chi connectivity index (χ2v) is 4.43. The predicted octanol–water partition coefficient (Wildman–Crippen LogP) is 3.30. The van der Waals surface area contributed by atoms with Crippen LogP contribution in [-0.4, -0.2) is 12.9 Å². The summed E-state index contributed by atoms with van der Waals surface area (Å²) in [5, 5.41) is 1.86. The molecule has 0 aliphatic heterocycles. The lowest BCUT2D eigenvalue weighted by Crippen LogP contribution is -2.00. The molecule has 0 radical (unpaired) electrons. The van der Waals surface area contributed by atoms with Crippen molar-refractivity contribution in [2.75, 3.05) is 7.11 Å². The van der Waals surface area contributed by atoms with Crippen LogP contribution in [0, 0.1) is 6.92 Å². The summed E-state index contributed by atoms with van der Waals surface area (Å²) in [6.45, 7) is 1.97. The number of hydrogen-bond donors (Lipinski definition) is 0. The van der Waals surface area contributed by atoms with Gasteiger partial charge < -0.3 is 4.74 Å². The minimum Gasteiger partial charge on any atom is -0.495 e. The molecule has 0 saturated carbocycles. The van der Waals surface area contributed by atoms with Crippen LogP contribution in [0.2, 0.25) is 0 Å². The highest BCUT2D eigenvalue weighted by molar-refractivity contribution is 7.12. The zero-order chi connectivity index (χ0) is 11.5. The third-order valence-corrected chi connectivity index (χ3v) is 3.23. The summed E-state index contributed by atoms with van der Waals surface area (Å²) in [5.41, 5.74) is 1.79. The van der Waals surface area contributed by atoms with Crippen molar-refractivity contribution in [2.24, 2.45) is 0 Å². The maximum atomic E-state index is 12.2. The van der Waals surface area contributed by atoms with E-state index in [0.29, 0.717) is 16.2 Å². The zero-order valence-electron chi connectivity index (χ0n) is 9.19. The second kappa shape index (κ2) is 4.49. The van der Waals surface area contributed by atoms with E-state index in [4.69, 9.17) is 4.74 Å². The van der Waals surface area contributed by atoms with Crippen molar-refractivity contribution in [1.82, 2.24) is 0 Å². The van der Waals surface area contributed by atoms with Gasteiger partial charge in [-0.3, -0.25) is 4.79 Å². The molecule has 82 valence electrons. The minimum atomic E-state index is 0.0237. The lowest BCUT2D eigenvalue weighted by molar-refractivity contribution is 0.104. The van der Waals surface area contributed by atoms with E-state index in [0.717, 1.165) is 5.56 Å². The fourth-order valence-electron chi connectivity index (χ4n) is 1.54. The van der Waals surface area contributed by atoms with Crippen molar-refractivity contribution in [1.29, 1.82) is 0 Å². The van der Waals surface area contributed by atoms with Gasteiger partial charge in [0.1, 0.15) is 10.6 Å². The van der Waals surface area contributed by atoms with Crippen molar-refractivity contribution in [2.45, 2.75) is 6.92 Å². The zero-order valence-corrected chi connectivity index (χ0v) is 10.0. The first-order valence-electron chi connectivity index (χ1n) is 4.95. The molecule has 2 aromatic rings. The van der Waals surface area contributed by atoms with Crippen LogP contribution in [0.15, 0.2) is 35.7 Å². The molecule has 2 nitrogen and oxygen atoms in total. The van der Waals surface area contributed by atoms with E-state index in [9.17, 15) is 4.79 Å². The maximum absolute atomic E-state index is 12.2. The van der Waals surface area contributed by atoms with E-state index < -0.39 is 0 Å². The van der Waals surface area contributed by atoms with Gasteiger partial charge in [0.25, 0.3) is 0 Å². The quantitative estimate of drug-likeness (QED) is 0.759. The predicted molar refractivity (Wildman–Crippen MR) is 65.5 cm³/mol. The molecule has 0 unspecified atom stereocenters. The third kappa shape index (κ3) is 1.99. The van der Waals surface area contributed by atoms with Crippen LogP contribution in [0.4, 0.5) is 0 Å². The number of hydrogen-bond acceptors (Lipinski definition) is 3. The highest BCUT2D eigenvalue weighted by Crippen LogP contribution is 2.27. The molecule has 0 aliphatic rings. The first kappa shape index (κ1) is 10.9. The van der Waals surface area contributed by atoms with E-state index in [-0.39, 0.29) is 5.78 Å². The molecular weight excluding hydrogens is 220 g/mol. The number of rotatable bonds is 3. The summed E-state index contributed by atoms with van der Waals surface area (Å²) in [5.74, 6) is 0.673. The molecule has 16 heavy (non-hydrogen) atoms. The maximum Gasteiger partial charge on any atom is 0.206 e. The van der Waals surface area contributed by atoms with E-state index >= 15 is 0 Å². The van der Waals surface area contributed by atoms with Crippen molar-refractivity contribution in [3.8, 4) is 5.75 Å². The van der Waals surface area contributed by atoms with Gasteiger partial charge in [0, 0.05) is 5.56 Å². The number of carbonyl (C=O) groups excluding carboxylic acids is 1. The smallest absolute Gasteiger partial charge is 0.206 e. The van der Waals surface area contributed by atoms with Crippen LogP contribution in [0.25, 0.3) is 0 Å². The molecule has 0 aliphatic carbocycles. The third-order valence-electron chi connectivity index (χ3n) is 2.34. The topological polar surface area (TPSA) is 26.3 Å². The highest BCUT2D eigenvalue weighted by Gasteiger charge is 2.15. The number of thiophene rings is 1. The van der Waals surface area contributed by atoms with Crippen LogP contribution >= 0.6 is 11.3 Å². The van der Waals surface area contributed by atoms with Gasteiger partial charge in [-0.05, 0) is 24.4 Å². The van der Waals surface area contributed by atoms with E-state index in [1.54, 1.807) is 7.11 Å². The van der Waals surface area contributed by atoms with Crippen LogP contribution in [-0.2, 0) is 0 Å². The highest BCUT2D eigenvalue weighted by atomic mass is 32.1. The monoisotopic (exact) mass is 232 g/mol. The van der Waals surface area contributed by atoms with Crippen LogP contribution in [0.5, 0.6) is 5.75 Å². The van der Waals surface area contributed by atoms with Crippen LogP contribution < -0.4 is 4.74 Å². The number of methoxy groups -OCH3 is 1. The van der Waals surface area contributed by atoms with E-state index in [1.807, 2.05) is 42.6 Å². The Balaban J connectivity index is 2.39. The Kier molecular flexibility index (Phi) is 3.06. The lowest BCUT2D eigenvalue weighted by atomic mass is 10.1. The molecule has 0 amide bonds. The molecule has 2 rings (SSSR count). The number of ketones is 1. The first-order valence-corrected chi connectivity index (χ1v) is 5.83. The van der Waals surface area contributed by atoms with Gasteiger partial charge in [0.2, 0.25) is 5.78 Å². The van der Waals surface area contributed by atoms with Gasteiger partial charge in [-0.15, -0.1) is 11.3 Å². The molecule has 1 aromatic heterocycles. The van der Waals surface area contributed by atoms with E-state index in [2.05, 4.69) is 0 Å². The summed E-state index contributed by atoms with van der Waals surface area (Å²) in [7, 11) is 1.58. The summed E-state index contributed by atoms with van der Waals surface area (Å²) < 4.78 is 5.15. The number of benzene rings is 1. The average molecular weight is 232 g/mol. The van der Waals surface area contributed by atoms with Gasteiger partial charge in [0.05, 0.1) is 7.11 Å². The Morgan fingerprint density at radius 3 is 2.81 bits per heavy atom. The van der Waals surface area contributed by atoms with Crippen LogP contribution in [0.1, 0.15) is 20.8 Å². The molecule has 1 heterocycles. The average Bonchev–Trinajstić information content (AvgIpc) is 2.76. The molecule has 3 heteroatoms. The van der Waals surface area contributed by atoms with Gasteiger partial charge >= 0.3 is 0 Å². The minimum absolute atomic E-state index is 0.0237. The number of ether oxygens (including phenoxy) is 1. The first-order chi connectivity index (χ1) is 7.72. The van der Waals surface area contributed by atoms with Crippen LogP contribution in [0.3, 0.4) is 0 Å². The summed E-state index contributed by atoms with van der Waals surface area (Å²) >= 11 is 1.41. The molecule has 0 atom stereocenters. The largest absolute Gasteiger partial charge is 0.495 e. The molecule has 1 aromatic carbocycles. The van der Waals surface area contributed by atoms with Crippen molar-refractivity contribution < 1.29 is 9.53 Å². The molecule has 0 spiro atoms. The fraction of sp³-hybridized carbons (Fsp3) is 0.154. The standard InChI is InChI=1S/C13H12O2S/c1-9-4-3-5-10(8-9)12(14)13-11(15-2)6-7-16-13/h3-8H,1-2H3. The lowest BCUT2D eigenvalue weighted by Gasteiger charge is -2.02. The Morgan fingerprint density at radius 2 is 2.12 bits per heavy atom.